The third-order valence-electron chi connectivity index (χ3n) is 3.65. The second kappa shape index (κ2) is 4.42. The summed E-state index contributed by atoms with van der Waals surface area (Å²) >= 11 is 0. The Morgan fingerprint density at radius 3 is 2.42 bits per heavy atom. The Morgan fingerprint density at radius 1 is 1.16 bits per heavy atom. The van der Waals surface area contributed by atoms with Gasteiger partial charge in [0.1, 0.15) is 11.8 Å². The van der Waals surface area contributed by atoms with Gasteiger partial charge in [-0.05, 0) is 23.6 Å². The summed E-state index contributed by atoms with van der Waals surface area (Å²) in [7, 11) is 0. The third kappa shape index (κ3) is 2.07. The summed E-state index contributed by atoms with van der Waals surface area (Å²) in [5.41, 5.74) is 8.97. The SMILES string of the molecule is N#Cc1cccc(-c2ccc([C@@H]3C[C@H]3N)cc2)c1O. The molecule has 3 rings (SSSR count). The highest BCUT2D eigenvalue weighted by Gasteiger charge is 2.34. The first-order valence-corrected chi connectivity index (χ1v) is 6.28. The Labute approximate surface area is 111 Å². The molecule has 0 radical (unpaired) electrons. The van der Waals surface area contributed by atoms with Gasteiger partial charge in [0.05, 0.1) is 5.56 Å². The molecule has 94 valence electrons. The standard InChI is InChI=1S/C16H14N2O/c17-9-12-2-1-3-13(16(12)19)10-4-6-11(7-5-10)14-8-15(14)18/h1-7,14-15,19H,8,18H2/t14-,15+/m0/s1. The zero-order valence-electron chi connectivity index (χ0n) is 10.4. The van der Waals surface area contributed by atoms with Gasteiger partial charge in [-0.1, -0.05) is 36.4 Å². The van der Waals surface area contributed by atoms with E-state index in [-0.39, 0.29) is 5.75 Å². The van der Waals surface area contributed by atoms with Gasteiger partial charge >= 0.3 is 0 Å². The van der Waals surface area contributed by atoms with Crippen LogP contribution in [-0.2, 0) is 0 Å². The van der Waals surface area contributed by atoms with Gasteiger partial charge < -0.3 is 10.8 Å². The molecule has 0 unspecified atom stereocenters. The van der Waals surface area contributed by atoms with Gasteiger partial charge in [-0.15, -0.1) is 0 Å². The topological polar surface area (TPSA) is 70.0 Å². The van der Waals surface area contributed by atoms with Crippen LogP contribution in [0, 0.1) is 11.3 Å². The van der Waals surface area contributed by atoms with Crippen LogP contribution in [0.1, 0.15) is 23.5 Å². The molecule has 19 heavy (non-hydrogen) atoms. The molecule has 0 aliphatic heterocycles. The Morgan fingerprint density at radius 2 is 1.84 bits per heavy atom. The van der Waals surface area contributed by atoms with Crippen LogP contribution in [0.4, 0.5) is 0 Å². The van der Waals surface area contributed by atoms with E-state index < -0.39 is 0 Å². The minimum Gasteiger partial charge on any atom is -0.506 e. The number of nitrogens with two attached hydrogens (primary N) is 1. The molecule has 1 saturated carbocycles. The van der Waals surface area contributed by atoms with E-state index in [0.29, 0.717) is 23.1 Å². The molecule has 3 N–H and O–H groups in total. The maximum Gasteiger partial charge on any atom is 0.141 e. The van der Waals surface area contributed by atoms with Crippen molar-refractivity contribution in [2.24, 2.45) is 5.73 Å². The first-order chi connectivity index (χ1) is 9.20. The molecule has 0 spiro atoms. The van der Waals surface area contributed by atoms with Crippen LogP contribution in [-0.4, -0.2) is 11.1 Å². The summed E-state index contributed by atoms with van der Waals surface area (Å²) in [6.07, 6.45) is 1.05. The Hall–Kier alpha value is -2.31. The summed E-state index contributed by atoms with van der Waals surface area (Å²) in [4.78, 5) is 0. The van der Waals surface area contributed by atoms with Gasteiger partial charge in [-0.2, -0.15) is 5.26 Å². The lowest BCUT2D eigenvalue weighted by atomic mass is 9.99. The van der Waals surface area contributed by atoms with E-state index in [0.717, 1.165) is 12.0 Å². The van der Waals surface area contributed by atoms with Crippen molar-refractivity contribution in [3.8, 4) is 22.9 Å². The van der Waals surface area contributed by atoms with Gasteiger partial charge in [0.15, 0.2) is 0 Å². The normalized spacial score (nSPS) is 20.8. The van der Waals surface area contributed by atoms with Crippen molar-refractivity contribution in [1.82, 2.24) is 0 Å². The molecule has 2 atom stereocenters. The number of nitrogens with zero attached hydrogens (tertiary/aromatic N) is 1. The fourth-order valence-electron chi connectivity index (χ4n) is 2.37. The number of benzene rings is 2. The summed E-state index contributed by atoms with van der Waals surface area (Å²) < 4.78 is 0. The van der Waals surface area contributed by atoms with Gasteiger partial charge in [-0.25, -0.2) is 0 Å². The molecule has 1 aliphatic rings. The first kappa shape index (κ1) is 11.8. The van der Waals surface area contributed by atoms with Gasteiger partial charge in [0, 0.05) is 17.5 Å². The number of phenolic OH excluding ortho intramolecular Hbond substituents is 1. The van der Waals surface area contributed by atoms with E-state index in [4.69, 9.17) is 11.0 Å². The van der Waals surface area contributed by atoms with Gasteiger partial charge in [0.2, 0.25) is 0 Å². The molecule has 0 saturated heterocycles. The summed E-state index contributed by atoms with van der Waals surface area (Å²) in [5.74, 6) is 0.522. The van der Waals surface area contributed by atoms with Crippen LogP contribution in [0.2, 0.25) is 0 Å². The van der Waals surface area contributed by atoms with Crippen molar-refractivity contribution in [2.45, 2.75) is 18.4 Å². The van der Waals surface area contributed by atoms with Crippen molar-refractivity contribution in [3.63, 3.8) is 0 Å². The summed E-state index contributed by atoms with van der Waals surface area (Å²) in [6.45, 7) is 0. The molecule has 0 amide bonds. The lowest BCUT2D eigenvalue weighted by Gasteiger charge is -2.07. The minimum absolute atomic E-state index is 0.0425. The lowest BCUT2D eigenvalue weighted by molar-refractivity contribution is 0.475. The number of nitriles is 1. The predicted octanol–water partition coefficient (Wildman–Crippen LogP) is 2.75. The van der Waals surface area contributed by atoms with Crippen molar-refractivity contribution in [2.75, 3.05) is 0 Å². The molecule has 2 aromatic carbocycles. The van der Waals surface area contributed by atoms with Crippen LogP contribution in [0.3, 0.4) is 0 Å². The quantitative estimate of drug-likeness (QED) is 0.861. The van der Waals surface area contributed by atoms with Crippen LogP contribution < -0.4 is 5.73 Å². The van der Waals surface area contributed by atoms with Crippen molar-refractivity contribution < 1.29 is 5.11 Å². The Bertz CT molecular complexity index is 655. The second-order valence-corrected chi connectivity index (χ2v) is 4.94. The summed E-state index contributed by atoms with van der Waals surface area (Å²) in [6, 6.07) is 15.5. The van der Waals surface area contributed by atoms with Crippen LogP contribution in [0.15, 0.2) is 42.5 Å². The van der Waals surface area contributed by atoms with Crippen molar-refractivity contribution in [3.05, 3.63) is 53.6 Å². The van der Waals surface area contributed by atoms with Crippen LogP contribution in [0.5, 0.6) is 5.75 Å². The lowest BCUT2D eigenvalue weighted by Crippen LogP contribution is -2.00. The number of aromatic hydroxyl groups is 1. The van der Waals surface area contributed by atoms with Gasteiger partial charge in [-0.3, -0.25) is 0 Å². The maximum absolute atomic E-state index is 10.0. The number of phenols is 1. The molecule has 1 aliphatic carbocycles. The van der Waals surface area contributed by atoms with E-state index in [2.05, 4.69) is 0 Å². The largest absolute Gasteiger partial charge is 0.506 e. The molecular formula is C16H14N2O. The second-order valence-electron chi connectivity index (χ2n) is 4.94. The predicted molar refractivity (Wildman–Crippen MR) is 73.6 cm³/mol. The van der Waals surface area contributed by atoms with Crippen LogP contribution >= 0.6 is 0 Å². The van der Waals surface area contributed by atoms with E-state index in [9.17, 15) is 5.11 Å². The van der Waals surface area contributed by atoms with Crippen molar-refractivity contribution >= 4 is 0 Å². The minimum atomic E-state index is 0.0425. The van der Waals surface area contributed by atoms with Crippen LogP contribution in [0.25, 0.3) is 11.1 Å². The Balaban J connectivity index is 1.97. The molecule has 1 fully saturated rings. The average Bonchev–Trinajstić information content (AvgIpc) is 3.16. The highest BCUT2D eigenvalue weighted by atomic mass is 16.3. The zero-order chi connectivity index (χ0) is 13.4. The molecular weight excluding hydrogens is 236 g/mol. The summed E-state index contributed by atoms with van der Waals surface area (Å²) in [5, 5.41) is 19.0. The fourth-order valence-corrected chi connectivity index (χ4v) is 2.37. The highest BCUT2D eigenvalue weighted by Crippen LogP contribution is 2.40. The molecule has 2 aromatic rings. The molecule has 3 heteroatoms. The third-order valence-corrected chi connectivity index (χ3v) is 3.65. The monoisotopic (exact) mass is 250 g/mol. The van der Waals surface area contributed by atoms with Crippen molar-refractivity contribution in [1.29, 1.82) is 5.26 Å². The fraction of sp³-hybridized carbons (Fsp3) is 0.188. The maximum atomic E-state index is 10.0. The Kier molecular flexibility index (Phi) is 2.73. The van der Waals surface area contributed by atoms with E-state index in [1.807, 2.05) is 36.4 Å². The zero-order valence-corrected chi connectivity index (χ0v) is 10.4. The van der Waals surface area contributed by atoms with Gasteiger partial charge in [0.25, 0.3) is 0 Å². The highest BCUT2D eigenvalue weighted by molar-refractivity contribution is 5.73. The first-order valence-electron chi connectivity index (χ1n) is 6.28. The number of rotatable bonds is 2. The molecule has 3 nitrogen and oxygen atoms in total. The number of para-hydroxylation sites is 1. The number of hydrogen-bond acceptors (Lipinski definition) is 3. The molecule has 0 heterocycles. The average molecular weight is 250 g/mol. The number of hydrogen-bond donors (Lipinski definition) is 2. The molecule has 0 aromatic heterocycles. The van der Waals surface area contributed by atoms with E-state index >= 15 is 0 Å². The van der Waals surface area contributed by atoms with E-state index in [1.165, 1.54) is 5.56 Å². The smallest absolute Gasteiger partial charge is 0.141 e. The molecule has 0 bridgehead atoms. The van der Waals surface area contributed by atoms with E-state index in [1.54, 1.807) is 12.1 Å².